The highest BCUT2D eigenvalue weighted by molar-refractivity contribution is 5.80. The Labute approximate surface area is 291 Å². The molecule has 1 aliphatic rings. The van der Waals surface area contributed by atoms with Gasteiger partial charge in [-0.05, 0) is 82.3 Å². The first-order valence-electron chi connectivity index (χ1n) is 16.1. The quantitative estimate of drug-likeness (QED) is 0.122. The number of nitrogens with one attached hydrogen (secondary N) is 2. The molecule has 1 heterocycles. The van der Waals surface area contributed by atoms with Gasteiger partial charge in [0, 0.05) is 6.42 Å². The van der Waals surface area contributed by atoms with Gasteiger partial charge in [0.05, 0.1) is 5.92 Å². The molecule has 3 aromatic carbocycles. The van der Waals surface area contributed by atoms with Crippen LogP contribution in [0.15, 0.2) is 84.9 Å². The van der Waals surface area contributed by atoms with Crippen LogP contribution < -0.4 is 21.1 Å². The molecular formula is C37H47N3O10. The summed E-state index contributed by atoms with van der Waals surface area (Å²) in [6.07, 6.45) is 1.38. The number of ether oxygens (including phenoxy) is 2. The molecule has 13 heteroatoms. The number of hydrogen-bond acceptors (Lipinski definition) is 9. The van der Waals surface area contributed by atoms with Gasteiger partial charge < -0.3 is 41.2 Å². The third-order valence-corrected chi connectivity index (χ3v) is 7.20. The van der Waals surface area contributed by atoms with E-state index < -0.39 is 47.6 Å². The maximum atomic E-state index is 12.0. The minimum absolute atomic E-state index is 0.0764. The van der Waals surface area contributed by atoms with Crippen molar-refractivity contribution in [2.45, 2.75) is 83.0 Å². The van der Waals surface area contributed by atoms with Crippen LogP contribution in [0.5, 0.6) is 5.75 Å². The van der Waals surface area contributed by atoms with Crippen LogP contribution in [0.3, 0.4) is 0 Å². The highest BCUT2D eigenvalue weighted by Gasteiger charge is 2.25. The van der Waals surface area contributed by atoms with Gasteiger partial charge in [-0.1, -0.05) is 72.8 Å². The zero-order valence-corrected chi connectivity index (χ0v) is 28.7. The monoisotopic (exact) mass is 693 g/mol. The Hall–Kier alpha value is -5.27. The van der Waals surface area contributed by atoms with Gasteiger partial charge in [-0.3, -0.25) is 9.59 Å². The molecule has 4 atom stereocenters. The standard InChI is InChI=1S/C19H26N2O6.C9H11NO2.C9H10O2/c1-19(2,3)27-18(25)21-15(16(22)23)11-12-6-8-13(9-7-12)26-17(24)14-5-4-10-20-14;10-8(9(11)12)6-7-4-2-1-3-5-7;1-7(9(10)11)8-5-3-2-4-6-8/h6-9,14-15,20H,4-5,10-11H2,1-3H3,(H,21,25)(H,22,23);1-5,8H,6,10H2,(H,11,12);2-7H,1H3,(H,10,11)/t14-,15?;;/m1../s1. The summed E-state index contributed by atoms with van der Waals surface area (Å²) >= 11 is 0. The first-order chi connectivity index (χ1) is 23.6. The maximum absolute atomic E-state index is 12.0. The Morgan fingerprint density at radius 2 is 1.38 bits per heavy atom. The predicted molar refractivity (Wildman–Crippen MR) is 186 cm³/mol. The number of nitrogens with two attached hydrogens (primary N) is 1. The molecule has 4 rings (SSSR count). The van der Waals surface area contributed by atoms with Crippen LogP contribution in [0.1, 0.15) is 63.1 Å². The van der Waals surface area contributed by atoms with Crippen molar-refractivity contribution in [2.24, 2.45) is 5.73 Å². The van der Waals surface area contributed by atoms with Gasteiger partial charge >= 0.3 is 30.0 Å². The average Bonchev–Trinajstić information content (AvgIpc) is 3.61. The van der Waals surface area contributed by atoms with Crippen LogP contribution in [0.4, 0.5) is 4.79 Å². The molecular weight excluding hydrogens is 646 g/mol. The third kappa shape index (κ3) is 15.8. The lowest BCUT2D eigenvalue weighted by atomic mass is 10.0. The minimum Gasteiger partial charge on any atom is -0.481 e. The molecule has 0 aromatic heterocycles. The second kappa shape index (κ2) is 20.3. The molecule has 1 saturated heterocycles. The van der Waals surface area contributed by atoms with Crippen molar-refractivity contribution in [3.63, 3.8) is 0 Å². The van der Waals surface area contributed by atoms with Crippen LogP contribution in [-0.4, -0.2) is 75.6 Å². The summed E-state index contributed by atoms with van der Waals surface area (Å²) in [7, 11) is 0. The lowest BCUT2D eigenvalue weighted by molar-refractivity contribution is -0.140. The minimum atomic E-state index is -1.16. The first-order valence-corrected chi connectivity index (χ1v) is 16.1. The molecule has 1 aliphatic heterocycles. The van der Waals surface area contributed by atoms with Crippen LogP contribution in [0.2, 0.25) is 0 Å². The van der Waals surface area contributed by atoms with Crippen molar-refractivity contribution in [3.8, 4) is 5.75 Å². The Morgan fingerprint density at radius 3 is 1.86 bits per heavy atom. The van der Waals surface area contributed by atoms with Gasteiger partial charge in [0.25, 0.3) is 0 Å². The Morgan fingerprint density at radius 1 is 0.820 bits per heavy atom. The maximum Gasteiger partial charge on any atom is 0.408 e. The van der Waals surface area contributed by atoms with Crippen LogP contribution in [-0.2, 0) is 36.8 Å². The highest BCUT2D eigenvalue weighted by atomic mass is 16.6. The van der Waals surface area contributed by atoms with E-state index in [0.29, 0.717) is 17.7 Å². The van der Waals surface area contributed by atoms with Crippen molar-refractivity contribution in [1.29, 1.82) is 0 Å². The van der Waals surface area contributed by atoms with E-state index in [9.17, 15) is 29.1 Å². The number of carbonyl (C=O) groups is 5. The van der Waals surface area contributed by atoms with E-state index in [1.54, 1.807) is 52.0 Å². The molecule has 3 unspecified atom stereocenters. The van der Waals surface area contributed by atoms with Crippen LogP contribution in [0, 0.1) is 0 Å². The Kier molecular flexibility index (Phi) is 16.6. The molecule has 13 nitrogen and oxygen atoms in total. The van der Waals surface area contributed by atoms with Gasteiger partial charge in [0.1, 0.15) is 29.5 Å². The van der Waals surface area contributed by atoms with E-state index in [2.05, 4.69) is 10.6 Å². The number of esters is 1. The fourth-order valence-corrected chi connectivity index (χ4v) is 4.49. The number of hydrogen-bond donors (Lipinski definition) is 6. The predicted octanol–water partition coefficient (Wildman–Crippen LogP) is 4.38. The van der Waals surface area contributed by atoms with Gasteiger partial charge in [-0.15, -0.1) is 0 Å². The molecule has 0 aliphatic carbocycles. The van der Waals surface area contributed by atoms with E-state index in [-0.39, 0.29) is 18.4 Å². The number of carboxylic acids is 3. The van der Waals surface area contributed by atoms with Crippen LogP contribution in [0.25, 0.3) is 0 Å². The Bertz CT molecular complexity index is 1520. The molecule has 270 valence electrons. The van der Waals surface area contributed by atoms with Crippen molar-refractivity contribution in [3.05, 3.63) is 102 Å². The fraction of sp³-hybridized carbons (Fsp3) is 0.378. The van der Waals surface area contributed by atoms with Crippen molar-refractivity contribution >= 4 is 30.0 Å². The largest absolute Gasteiger partial charge is 0.481 e. The van der Waals surface area contributed by atoms with E-state index in [1.807, 2.05) is 60.7 Å². The zero-order valence-electron chi connectivity index (χ0n) is 28.7. The smallest absolute Gasteiger partial charge is 0.408 e. The first kappa shape index (κ1) is 40.9. The van der Waals surface area contributed by atoms with Gasteiger partial charge in [-0.2, -0.15) is 0 Å². The Balaban J connectivity index is 0.000000309. The molecule has 50 heavy (non-hydrogen) atoms. The summed E-state index contributed by atoms with van der Waals surface area (Å²) in [5, 5.41) is 31.9. The summed E-state index contributed by atoms with van der Waals surface area (Å²) in [6, 6.07) is 22.9. The SMILES string of the molecule is CC(C(=O)O)c1ccccc1.CC(C)(C)OC(=O)NC(Cc1ccc(OC(=O)[C@H]2CCCN2)cc1)C(=O)O.NC(Cc1ccccc1)C(=O)O. The van der Waals surface area contributed by atoms with E-state index >= 15 is 0 Å². The summed E-state index contributed by atoms with van der Waals surface area (Å²) in [5.74, 6) is -3.24. The second-order valence-corrected chi connectivity index (χ2v) is 12.6. The molecule has 0 radical (unpaired) electrons. The van der Waals surface area contributed by atoms with Gasteiger partial charge in [-0.25, -0.2) is 14.4 Å². The number of alkyl carbamates (subject to hydrolysis) is 1. The zero-order chi connectivity index (χ0) is 37.3. The van der Waals surface area contributed by atoms with E-state index in [1.165, 1.54) is 0 Å². The fourth-order valence-electron chi connectivity index (χ4n) is 4.49. The molecule has 0 saturated carbocycles. The highest BCUT2D eigenvalue weighted by Crippen LogP contribution is 2.17. The van der Waals surface area contributed by atoms with Crippen molar-refractivity contribution in [1.82, 2.24) is 10.6 Å². The molecule has 3 aromatic rings. The normalized spacial score (nSPS) is 15.3. The number of carboxylic acid groups (broad SMARTS) is 3. The molecule has 0 bridgehead atoms. The number of amides is 1. The molecule has 7 N–H and O–H groups in total. The molecule has 0 spiro atoms. The van der Waals surface area contributed by atoms with E-state index in [4.69, 9.17) is 25.4 Å². The lowest BCUT2D eigenvalue weighted by Gasteiger charge is -2.22. The van der Waals surface area contributed by atoms with Crippen molar-refractivity contribution < 1.29 is 48.8 Å². The second-order valence-electron chi connectivity index (χ2n) is 12.6. The van der Waals surface area contributed by atoms with E-state index in [0.717, 1.165) is 30.5 Å². The van der Waals surface area contributed by atoms with Gasteiger partial charge in [0.15, 0.2) is 0 Å². The average molecular weight is 694 g/mol. The van der Waals surface area contributed by atoms with Crippen LogP contribution >= 0.6 is 0 Å². The van der Waals surface area contributed by atoms with Crippen molar-refractivity contribution in [2.75, 3.05) is 6.54 Å². The molecule has 1 amide bonds. The summed E-state index contributed by atoms with van der Waals surface area (Å²) in [5.41, 5.74) is 7.11. The summed E-state index contributed by atoms with van der Waals surface area (Å²) < 4.78 is 10.4. The lowest BCUT2D eigenvalue weighted by Crippen LogP contribution is -2.44. The molecule has 1 fully saturated rings. The summed E-state index contributed by atoms with van der Waals surface area (Å²) in [6.45, 7) is 7.58. The van der Waals surface area contributed by atoms with Gasteiger partial charge in [0.2, 0.25) is 0 Å². The topological polar surface area (TPSA) is 215 Å². The number of rotatable bonds is 11. The summed E-state index contributed by atoms with van der Waals surface area (Å²) in [4.78, 5) is 56.1. The number of aliphatic carboxylic acids is 3. The third-order valence-electron chi connectivity index (χ3n) is 7.20. The number of benzene rings is 3. The number of carbonyl (C=O) groups excluding carboxylic acids is 2.